The molecule has 0 aromatic carbocycles. The number of carbonyl (C=O) groups is 1. The van der Waals surface area contributed by atoms with Crippen LogP contribution >= 0.6 is 0 Å². The maximum absolute atomic E-state index is 11.7. The predicted octanol–water partition coefficient (Wildman–Crippen LogP) is 2.14. The molecule has 1 aliphatic heterocycles. The molecule has 120 valence electrons. The fourth-order valence-corrected chi connectivity index (χ4v) is 2.98. The van der Waals surface area contributed by atoms with E-state index in [-0.39, 0.29) is 5.91 Å². The molecule has 0 spiro atoms. The quantitative estimate of drug-likeness (QED) is 0.878. The van der Waals surface area contributed by atoms with Gasteiger partial charge in [0.05, 0.1) is 11.9 Å². The molecule has 6 nitrogen and oxygen atoms in total. The molecule has 23 heavy (non-hydrogen) atoms. The predicted molar refractivity (Wildman–Crippen MR) is 87.6 cm³/mol. The molecule has 0 aliphatic carbocycles. The van der Waals surface area contributed by atoms with Crippen LogP contribution < -0.4 is 0 Å². The van der Waals surface area contributed by atoms with Gasteiger partial charge in [-0.1, -0.05) is 6.58 Å². The molecule has 6 heteroatoms. The number of hydrogen-bond donors (Lipinski definition) is 1. The minimum Gasteiger partial charge on any atom is -0.341 e. The Morgan fingerprint density at radius 1 is 1.39 bits per heavy atom. The first kappa shape index (κ1) is 15.4. The highest BCUT2D eigenvalue weighted by Crippen LogP contribution is 2.21. The summed E-state index contributed by atoms with van der Waals surface area (Å²) >= 11 is 0. The molecule has 0 bridgehead atoms. The van der Waals surface area contributed by atoms with E-state index in [9.17, 15) is 4.79 Å². The summed E-state index contributed by atoms with van der Waals surface area (Å²) in [5.41, 5.74) is 2.70. The molecule has 0 saturated carbocycles. The molecular weight excluding hydrogens is 290 g/mol. The van der Waals surface area contributed by atoms with E-state index in [1.54, 1.807) is 18.6 Å². The smallest absolute Gasteiger partial charge is 0.245 e. The van der Waals surface area contributed by atoms with Gasteiger partial charge in [0.15, 0.2) is 5.82 Å². The van der Waals surface area contributed by atoms with Crippen LogP contribution in [0.15, 0.2) is 31.2 Å². The van der Waals surface area contributed by atoms with E-state index in [0.29, 0.717) is 5.92 Å². The van der Waals surface area contributed by atoms with Crippen LogP contribution in [-0.4, -0.2) is 43.8 Å². The molecule has 1 atom stereocenters. The SMILES string of the molecule is C=CC(=O)N1CCCC(Cc2cnc(-c3ncc(C)[nH]3)cn2)C1. The van der Waals surface area contributed by atoms with E-state index in [0.717, 1.165) is 55.3 Å². The fourth-order valence-electron chi connectivity index (χ4n) is 2.98. The lowest BCUT2D eigenvalue weighted by Gasteiger charge is -2.31. The second-order valence-corrected chi connectivity index (χ2v) is 6.01. The summed E-state index contributed by atoms with van der Waals surface area (Å²) in [5, 5.41) is 0. The van der Waals surface area contributed by atoms with Crippen LogP contribution in [0.25, 0.3) is 11.5 Å². The van der Waals surface area contributed by atoms with E-state index >= 15 is 0 Å². The third-order valence-electron chi connectivity index (χ3n) is 4.15. The van der Waals surface area contributed by atoms with Crippen molar-refractivity contribution in [2.45, 2.75) is 26.2 Å². The number of carbonyl (C=O) groups excluding carboxylic acids is 1. The number of likely N-dealkylation sites (tertiary alicyclic amines) is 1. The first-order valence-electron chi connectivity index (χ1n) is 7.90. The average Bonchev–Trinajstić information content (AvgIpc) is 3.01. The van der Waals surface area contributed by atoms with Crippen molar-refractivity contribution >= 4 is 5.91 Å². The monoisotopic (exact) mass is 311 g/mol. The van der Waals surface area contributed by atoms with Crippen molar-refractivity contribution in [3.63, 3.8) is 0 Å². The second-order valence-electron chi connectivity index (χ2n) is 6.01. The number of nitrogens with one attached hydrogen (secondary N) is 1. The fraction of sp³-hybridized carbons (Fsp3) is 0.412. The zero-order chi connectivity index (χ0) is 16.2. The molecule has 2 aromatic heterocycles. The third kappa shape index (κ3) is 3.64. The van der Waals surface area contributed by atoms with Crippen molar-refractivity contribution in [1.29, 1.82) is 0 Å². The highest BCUT2D eigenvalue weighted by Gasteiger charge is 2.22. The number of imidazole rings is 1. The summed E-state index contributed by atoms with van der Waals surface area (Å²) in [7, 11) is 0. The van der Waals surface area contributed by atoms with Crippen LogP contribution in [0.3, 0.4) is 0 Å². The Bertz CT molecular complexity index is 691. The van der Waals surface area contributed by atoms with Crippen molar-refractivity contribution in [3.8, 4) is 11.5 Å². The molecule has 1 unspecified atom stereocenters. The minimum atomic E-state index is 0.0179. The lowest BCUT2D eigenvalue weighted by Crippen LogP contribution is -2.39. The van der Waals surface area contributed by atoms with Crippen molar-refractivity contribution in [1.82, 2.24) is 24.8 Å². The third-order valence-corrected chi connectivity index (χ3v) is 4.15. The number of nitrogens with zero attached hydrogens (tertiary/aromatic N) is 4. The Balaban J connectivity index is 1.64. The largest absolute Gasteiger partial charge is 0.341 e. The summed E-state index contributed by atoms with van der Waals surface area (Å²) in [6, 6.07) is 0. The molecular formula is C17H21N5O. The minimum absolute atomic E-state index is 0.0179. The van der Waals surface area contributed by atoms with Gasteiger partial charge in [0.2, 0.25) is 5.91 Å². The standard InChI is InChI=1S/C17H21N5O/c1-3-16(23)22-6-4-5-13(11-22)7-14-9-19-15(10-18-14)17-20-8-12(2)21-17/h3,8-10,13H,1,4-7,11H2,2H3,(H,20,21). The molecule has 1 N–H and O–H groups in total. The topological polar surface area (TPSA) is 74.8 Å². The molecule has 1 saturated heterocycles. The Labute approximate surface area is 135 Å². The van der Waals surface area contributed by atoms with Crippen LogP contribution in [0.2, 0.25) is 0 Å². The maximum atomic E-state index is 11.7. The molecule has 1 aliphatic rings. The highest BCUT2D eigenvalue weighted by atomic mass is 16.2. The van der Waals surface area contributed by atoms with Gasteiger partial charge in [-0.05, 0) is 38.2 Å². The lowest BCUT2D eigenvalue weighted by molar-refractivity contribution is -0.127. The highest BCUT2D eigenvalue weighted by molar-refractivity contribution is 5.87. The summed E-state index contributed by atoms with van der Waals surface area (Å²) in [6.07, 6.45) is 9.71. The Kier molecular flexibility index (Phi) is 4.50. The zero-order valence-electron chi connectivity index (χ0n) is 13.3. The summed E-state index contributed by atoms with van der Waals surface area (Å²) in [4.78, 5) is 30.0. The van der Waals surface area contributed by atoms with Gasteiger partial charge in [-0.2, -0.15) is 0 Å². The number of aromatic amines is 1. The molecule has 1 fully saturated rings. The number of hydrogen-bond acceptors (Lipinski definition) is 4. The van der Waals surface area contributed by atoms with Crippen molar-refractivity contribution in [2.24, 2.45) is 5.92 Å². The van der Waals surface area contributed by atoms with Gasteiger partial charge in [0, 0.05) is 31.2 Å². The lowest BCUT2D eigenvalue weighted by atomic mass is 9.93. The Morgan fingerprint density at radius 2 is 2.26 bits per heavy atom. The maximum Gasteiger partial charge on any atom is 0.245 e. The van der Waals surface area contributed by atoms with E-state index < -0.39 is 0 Å². The van der Waals surface area contributed by atoms with Crippen LogP contribution in [0.5, 0.6) is 0 Å². The Morgan fingerprint density at radius 3 is 2.91 bits per heavy atom. The van der Waals surface area contributed by atoms with Gasteiger partial charge in [0.25, 0.3) is 0 Å². The van der Waals surface area contributed by atoms with Crippen LogP contribution in [0.4, 0.5) is 0 Å². The number of H-pyrrole nitrogens is 1. The van der Waals surface area contributed by atoms with Crippen molar-refractivity contribution < 1.29 is 4.79 Å². The summed E-state index contributed by atoms with van der Waals surface area (Å²) in [6.45, 7) is 7.11. The van der Waals surface area contributed by atoms with Crippen LogP contribution in [0.1, 0.15) is 24.2 Å². The average molecular weight is 311 g/mol. The first-order valence-corrected chi connectivity index (χ1v) is 7.90. The second kappa shape index (κ2) is 6.73. The van der Waals surface area contributed by atoms with Crippen molar-refractivity contribution in [3.05, 3.63) is 42.6 Å². The number of piperidine rings is 1. The summed E-state index contributed by atoms with van der Waals surface area (Å²) < 4.78 is 0. The van der Waals surface area contributed by atoms with E-state index in [4.69, 9.17) is 0 Å². The number of amides is 1. The number of rotatable bonds is 4. The van der Waals surface area contributed by atoms with E-state index in [1.807, 2.05) is 11.8 Å². The van der Waals surface area contributed by atoms with E-state index in [1.165, 1.54) is 6.08 Å². The van der Waals surface area contributed by atoms with E-state index in [2.05, 4.69) is 26.5 Å². The molecule has 3 rings (SSSR count). The van der Waals surface area contributed by atoms with Crippen molar-refractivity contribution in [2.75, 3.05) is 13.1 Å². The van der Waals surface area contributed by atoms with Gasteiger partial charge in [-0.3, -0.25) is 9.78 Å². The van der Waals surface area contributed by atoms with Gasteiger partial charge in [-0.15, -0.1) is 0 Å². The molecule has 3 heterocycles. The molecule has 1 amide bonds. The number of aryl methyl sites for hydroxylation is 1. The zero-order valence-corrected chi connectivity index (χ0v) is 13.3. The Hall–Kier alpha value is -2.50. The first-order chi connectivity index (χ1) is 11.2. The van der Waals surface area contributed by atoms with Crippen LogP contribution in [-0.2, 0) is 11.2 Å². The molecule has 0 radical (unpaired) electrons. The normalized spacial score (nSPS) is 18.0. The summed E-state index contributed by atoms with van der Waals surface area (Å²) in [5.74, 6) is 1.19. The van der Waals surface area contributed by atoms with Crippen LogP contribution in [0, 0.1) is 12.8 Å². The van der Waals surface area contributed by atoms with Gasteiger partial charge in [0.1, 0.15) is 5.69 Å². The van der Waals surface area contributed by atoms with Gasteiger partial charge >= 0.3 is 0 Å². The number of aromatic nitrogens is 4. The van der Waals surface area contributed by atoms with Gasteiger partial charge in [-0.25, -0.2) is 9.97 Å². The van der Waals surface area contributed by atoms with Gasteiger partial charge < -0.3 is 9.88 Å². The molecule has 2 aromatic rings.